The van der Waals surface area contributed by atoms with Crippen LogP contribution in [0.5, 0.6) is 0 Å². The van der Waals surface area contributed by atoms with E-state index in [4.69, 9.17) is 5.26 Å². The second-order valence-corrected chi connectivity index (χ2v) is 5.72. The second kappa shape index (κ2) is 4.13. The van der Waals surface area contributed by atoms with Gasteiger partial charge in [-0.3, -0.25) is 4.79 Å². The molecule has 88 valence electrons. The molecule has 2 aliphatic rings. The summed E-state index contributed by atoms with van der Waals surface area (Å²) < 4.78 is 0. The van der Waals surface area contributed by atoms with E-state index < -0.39 is 0 Å². The van der Waals surface area contributed by atoms with Gasteiger partial charge in [-0.15, -0.1) is 11.3 Å². The summed E-state index contributed by atoms with van der Waals surface area (Å²) in [5.41, 5.74) is 0. The minimum absolute atomic E-state index is 0.0455. The van der Waals surface area contributed by atoms with Gasteiger partial charge in [0, 0.05) is 18.1 Å². The van der Waals surface area contributed by atoms with Crippen molar-refractivity contribution in [1.29, 1.82) is 5.26 Å². The fraction of sp³-hybridized carbons (Fsp3) is 0.500. The quantitative estimate of drug-likeness (QED) is 0.826. The molecule has 0 radical (unpaired) electrons. The van der Waals surface area contributed by atoms with Gasteiger partial charge in [0.25, 0.3) is 5.91 Å². The monoisotopic (exact) mass is 247 g/mol. The maximum atomic E-state index is 12.0. The van der Waals surface area contributed by atoms with Gasteiger partial charge in [-0.1, -0.05) is 0 Å². The average molecular weight is 247 g/mol. The first-order valence-corrected chi connectivity index (χ1v) is 6.65. The highest BCUT2D eigenvalue weighted by molar-refractivity contribution is 7.14. The summed E-state index contributed by atoms with van der Waals surface area (Å²) in [7, 11) is 0. The molecule has 3 rings (SSSR count). The SMILES string of the molecule is N#Cc1ccc(C(=O)NC2CC3CCC2N3)s1. The van der Waals surface area contributed by atoms with E-state index in [0.717, 1.165) is 12.8 Å². The van der Waals surface area contributed by atoms with Crippen molar-refractivity contribution < 1.29 is 4.79 Å². The molecule has 2 saturated heterocycles. The molecule has 3 heterocycles. The molecular formula is C12H13N3OS. The topological polar surface area (TPSA) is 64.9 Å². The number of carbonyl (C=O) groups is 1. The highest BCUT2D eigenvalue weighted by Crippen LogP contribution is 2.28. The molecule has 1 aromatic rings. The zero-order chi connectivity index (χ0) is 11.8. The number of thiophene rings is 1. The maximum Gasteiger partial charge on any atom is 0.261 e. The van der Waals surface area contributed by atoms with Crippen LogP contribution in [0.3, 0.4) is 0 Å². The summed E-state index contributed by atoms with van der Waals surface area (Å²) in [6.07, 6.45) is 3.42. The molecule has 3 atom stereocenters. The van der Waals surface area contributed by atoms with Crippen molar-refractivity contribution in [3.8, 4) is 6.07 Å². The molecule has 0 spiro atoms. The third-order valence-electron chi connectivity index (χ3n) is 3.56. The number of nitrogens with zero attached hydrogens (tertiary/aromatic N) is 1. The Kier molecular flexibility index (Phi) is 2.61. The molecule has 0 saturated carbocycles. The standard InChI is InChI=1S/C12H13N3OS/c13-6-8-2-4-11(17-8)12(16)15-10-5-7-1-3-9(10)14-7/h2,4,7,9-10,14H,1,3,5H2,(H,15,16). The van der Waals surface area contributed by atoms with Crippen molar-refractivity contribution >= 4 is 17.2 Å². The van der Waals surface area contributed by atoms with Crippen LogP contribution in [0.1, 0.15) is 33.8 Å². The van der Waals surface area contributed by atoms with Gasteiger partial charge in [0.05, 0.1) is 4.88 Å². The van der Waals surface area contributed by atoms with E-state index in [1.807, 2.05) is 6.07 Å². The summed E-state index contributed by atoms with van der Waals surface area (Å²) in [6, 6.07) is 6.75. The van der Waals surface area contributed by atoms with Crippen LogP contribution in [0.25, 0.3) is 0 Å². The first-order chi connectivity index (χ1) is 8.26. The van der Waals surface area contributed by atoms with Gasteiger partial charge in [-0.05, 0) is 31.4 Å². The molecule has 0 aromatic carbocycles. The molecule has 0 aliphatic carbocycles. The molecule has 2 bridgehead atoms. The first kappa shape index (κ1) is 10.8. The Bertz CT molecular complexity index is 490. The summed E-state index contributed by atoms with van der Waals surface area (Å²) in [5, 5.41) is 15.3. The van der Waals surface area contributed by atoms with E-state index in [2.05, 4.69) is 10.6 Å². The predicted molar refractivity (Wildman–Crippen MR) is 64.9 cm³/mol. The summed E-state index contributed by atoms with van der Waals surface area (Å²) in [6.45, 7) is 0. The molecule has 2 fully saturated rings. The number of nitrogens with one attached hydrogen (secondary N) is 2. The van der Waals surface area contributed by atoms with Crippen molar-refractivity contribution in [2.75, 3.05) is 0 Å². The summed E-state index contributed by atoms with van der Waals surface area (Å²) in [5.74, 6) is -0.0455. The van der Waals surface area contributed by atoms with Crippen LogP contribution in [0.15, 0.2) is 12.1 Å². The van der Waals surface area contributed by atoms with Crippen molar-refractivity contribution in [2.45, 2.75) is 37.4 Å². The van der Waals surface area contributed by atoms with Gasteiger partial charge < -0.3 is 10.6 Å². The number of rotatable bonds is 2. The third kappa shape index (κ3) is 1.94. The minimum Gasteiger partial charge on any atom is -0.347 e. The van der Waals surface area contributed by atoms with Crippen LogP contribution in [0.4, 0.5) is 0 Å². The predicted octanol–water partition coefficient (Wildman–Crippen LogP) is 1.24. The normalized spacial score (nSPS) is 30.2. The Morgan fingerprint density at radius 2 is 2.41 bits per heavy atom. The summed E-state index contributed by atoms with van der Waals surface area (Å²) >= 11 is 1.25. The molecule has 2 aliphatic heterocycles. The Morgan fingerprint density at radius 3 is 3.00 bits per heavy atom. The number of nitriles is 1. The molecule has 1 amide bonds. The van der Waals surface area contributed by atoms with Crippen molar-refractivity contribution in [1.82, 2.24) is 10.6 Å². The second-order valence-electron chi connectivity index (χ2n) is 4.64. The average Bonchev–Trinajstić information content (AvgIpc) is 3.04. The molecule has 5 heteroatoms. The number of carbonyl (C=O) groups excluding carboxylic acids is 1. The van der Waals surface area contributed by atoms with Gasteiger partial charge in [0.1, 0.15) is 10.9 Å². The Labute approximate surface area is 104 Å². The number of hydrogen-bond acceptors (Lipinski definition) is 4. The van der Waals surface area contributed by atoms with Gasteiger partial charge in [-0.2, -0.15) is 5.26 Å². The van der Waals surface area contributed by atoms with E-state index in [1.54, 1.807) is 12.1 Å². The van der Waals surface area contributed by atoms with Gasteiger partial charge in [0.2, 0.25) is 0 Å². The van der Waals surface area contributed by atoms with Crippen molar-refractivity contribution in [3.63, 3.8) is 0 Å². The Balaban J connectivity index is 1.66. The molecular weight excluding hydrogens is 234 g/mol. The Hall–Kier alpha value is -1.38. The highest BCUT2D eigenvalue weighted by atomic mass is 32.1. The van der Waals surface area contributed by atoms with E-state index >= 15 is 0 Å². The molecule has 4 nitrogen and oxygen atoms in total. The number of hydrogen-bond donors (Lipinski definition) is 2. The molecule has 17 heavy (non-hydrogen) atoms. The molecule has 2 N–H and O–H groups in total. The van der Waals surface area contributed by atoms with Gasteiger partial charge in [-0.25, -0.2) is 0 Å². The fourth-order valence-corrected chi connectivity index (χ4v) is 3.45. The smallest absolute Gasteiger partial charge is 0.261 e. The first-order valence-electron chi connectivity index (χ1n) is 5.83. The lowest BCUT2D eigenvalue weighted by molar-refractivity contribution is 0.0935. The van der Waals surface area contributed by atoms with Crippen LogP contribution in [-0.4, -0.2) is 24.0 Å². The van der Waals surface area contributed by atoms with Crippen LogP contribution in [0.2, 0.25) is 0 Å². The van der Waals surface area contributed by atoms with Gasteiger partial charge in [0.15, 0.2) is 0 Å². The third-order valence-corrected chi connectivity index (χ3v) is 4.55. The van der Waals surface area contributed by atoms with Crippen LogP contribution in [0, 0.1) is 11.3 Å². The Morgan fingerprint density at radius 1 is 1.53 bits per heavy atom. The largest absolute Gasteiger partial charge is 0.347 e. The molecule has 3 unspecified atom stereocenters. The van der Waals surface area contributed by atoms with Gasteiger partial charge >= 0.3 is 0 Å². The van der Waals surface area contributed by atoms with Crippen LogP contribution in [-0.2, 0) is 0 Å². The molecule has 1 aromatic heterocycles. The fourth-order valence-electron chi connectivity index (χ4n) is 2.74. The minimum atomic E-state index is -0.0455. The van der Waals surface area contributed by atoms with Crippen molar-refractivity contribution in [2.24, 2.45) is 0 Å². The zero-order valence-corrected chi connectivity index (χ0v) is 10.1. The maximum absolute atomic E-state index is 12.0. The highest BCUT2D eigenvalue weighted by Gasteiger charge is 2.39. The lowest BCUT2D eigenvalue weighted by atomic mass is 9.95. The number of fused-ring (bicyclic) bond motifs is 2. The van der Waals surface area contributed by atoms with E-state index in [0.29, 0.717) is 21.8 Å². The van der Waals surface area contributed by atoms with Crippen LogP contribution >= 0.6 is 11.3 Å². The van der Waals surface area contributed by atoms with E-state index in [9.17, 15) is 4.79 Å². The lowest BCUT2D eigenvalue weighted by Crippen LogP contribution is -2.42. The summed E-state index contributed by atoms with van der Waals surface area (Å²) in [4.78, 5) is 13.2. The van der Waals surface area contributed by atoms with E-state index in [1.165, 1.54) is 17.8 Å². The zero-order valence-electron chi connectivity index (χ0n) is 9.27. The number of amides is 1. The van der Waals surface area contributed by atoms with E-state index in [-0.39, 0.29) is 11.9 Å². The van der Waals surface area contributed by atoms with Crippen molar-refractivity contribution in [3.05, 3.63) is 21.9 Å². The lowest BCUT2D eigenvalue weighted by Gasteiger charge is -2.20. The van der Waals surface area contributed by atoms with Crippen LogP contribution < -0.4 is 10.6 Å².